The Kier molecular flexibility index (Phi) is 4.69. The molecule has 0 radical (unpaired) electrons. The van der Waals surface area contributed by atoms with Crippen molar-refractivity contribution in [1.82, 2.24) is 10.6 Å². The first-order chi connectivity index (χ1) is 12.0. The van der Waals surface area contributed by atoms with Crippen molar-refractivity contribution in [2.75, 3.05) is 11.4 Å². The molecule has 132 valence electrons. The lowest BCUT2D eigenvalue weighted by Crippen LogP contribution is -2.45. The van der Waals surface area contributed by atoms with Gasteiger partial charge in [0.25, 0.3) is 0 Å². The molecule has 2 atom stereocenters. The minimum absolute atomic E-state index is 0.205. The Morgan fingerprint density at radius 1 is 1.28 bits per heavy atom. The van der Waals surface area contributed by atoms with Crippen LogP contribution >= 0.6 is 0 Å². The summed E-state index contributed by atoms with van der Waals surface area (Å²) in [6.45, 7) is 0.277. The van der Waals surface area contributed by atoms with Crippen molar-refractivity contribution in [1.29, 1.82) is 0 Å². The Hall–Kier alpha value is -2.90. The van der Waals surface area contributed by atoms with Crippen LogP contribution in [-0.2, 0) is 9.59 Å². The molecule has 7 nitrogen and oxygen atoms in total. The second kappa shape index (κ2) is 6.92. The van der Waals surface area contributed by atoms with Crippen LogP contribution in [0.5, 0.6) is 0 Å². The van der Waals surface area contributed by atoms with Gasteiger partial charge in [0.05, 0.1) is 6.04 Å². The van der Waals surface area contributed by atoms with Crippen molar-refractivity contribution in [3.05, 3.63) is 41.7 Å². The van der Waals surface area contributed by atoms with Crippen LogP contribution in [0.15, 0.2) is 30.4 Å². The minimum Gasteiger partial charge on any atom is -0.465 e. The predicted octanol–water partition coefficient (Wildman–Crippen LogP) is 1.71. The molecule has 0 spiro atoms. The molecule has 2 heterocycles. The van der Waals surface area contributed by atoms with Crippen molar-refractivity contribution in [2.45, 2.75) is 31.3 Å². The van der Waals surface area contributed by atoms with Gasteiger partial charge < -0.3 is 15.7 Å². The van der Waals surface area contributed by atoms with Crippen LogP contribution < -0.4 is 15.5 Å². The second-order valence-electron chi connectivity index (χ2n) is 6.02. The molecule has 0 saturated carbocycles. The fourth-order valence-corrected chi connectivity index (χ4v) is 3.21. The summed E-state index contributed by atoms with van der Waals surface area (Å²) in [4.78, 5) is 36.9. The SMILES string of the molecule is O=C(O)N[C@H]1C/C=C/CNC(=O)[C@H]2CCC(=O)N2c2cc(F)cc1c2. The number of halogens is 1. The third kappa shape index (κ3) is 3.62. The van der Waals surface area contributed by atoms with E-state index in [0.717, 1.165) is 0 Å². The summed E-state index contributed by atoms with van der Waals surface area (Å²) in [5.74, 6) is -1.14. The summed E-state index contributed by atoms with van der Waals surface area (Å²) >= 11 is 0. The molecule has 0 unspecified atom stereocenters. The highest BCUT2D eigenvalue weighted by atomic mass is 19.1. The molecule has 3 rings (SSSR count). The summed E-state index contributed by atoms with van der Waals surface area (Å²) in [7, 11) is 0. The van der Waals surface area contributed by atoms with Gasteiger partial charge >= 0.3 is 6.09 Å². The average molecular weight is 347 g/mol. The van der Waals surface area contributed by atoms with E-state index in [-0.39, 0.29) is 30.5 Å². The Morgan fingerprint density at radius 3 is 2.84 bits per heavy atom. The molecule has 3 amide bonds. The van der Waals surface area contributed by atoms with Gasteiger partial charge in [-0.05, 0) is 36.6 Å². The first-order valence-electron chi connectivity index (χ1n) is 8.00. The van der Waals surface area contributed by atoms with Crippen molar-refractivity contribution in [2.24, 2.45) is 0 Å². The van der Waals surface area contributed by atoms with Gasteiger partial charge in [0.2, 0.25) is 11.8 Å². The van der Waals surface area contributed by atoms with E-state index in [1.807, 2.05) is 0 Å². The predicted molar refractivity (Wildman–Crippen MR) is 87.6 cm³/mol. The third-order valence-electron chi connectivity index (χ3n) is 4.33. The van der Waals surface area contributed by atoms with Crippen LogP contribution in [0.2, 0.25) is 0 Å². The van der Waals surface area contributed by atoms with Crippen LogP contribution in [0.3, 0.4) is 0 Å². The zero-order chi connectivity index (χ0) is 18.0. The van der Waals surface area contributed by atoms with Crippen molar-refractivity contribution >= 4 is 23.6 Å². The number of fused-ring (bicyclic) bond motifs is 4. The van der Waals surface area contributed by atoms with Gasteiger partial charge in [-0.25, -0.2) is 9.18 Å². The minimum atomic E-state index is -1.22. The van der Waals surface area contributed by atoms with E-state index in [4.69, 9.17) is 5.11 Å². The van der Waals surface area contributed by atoms with E-state index in [0.29, 0.717) is 18.4 Å². The number of benzene rings is 1. The molecular weight excluding hydrogens is 329 g/mol. The summed E-state index contributed by atoms with van der Waals surface area (Å²) in [5, 5.41) is 14.1. The topological polar surface area (TPSA) is 98.7 Å². The molecule has 1 aromatic carbocycles. The molecule has 1 saturated heterocycles. The summed E-state index contributed by atoms with van der Waals surface area (Å²) < 4.78 is 14.1. The van der Waals surface area contributed by atoms with Gasteiger partial charge in [-0.3, -0.25) is 14.5 Å². The number of carbonyl (C=O) groups excluding carboxylic acids is 2. The summed E-state index contributed by atoms with van der Waals surface area (Å²) in [5.41, 5.74) is 0.667. The lowest BCUT2D eigenvalue weighted by Gasteiger charge is -2.26. The Balaban J connectivity index is 2.07. The molecule has 1 aromatic rings. The van der Waals surface area contributed by atoms with Gasteiger partial charge in [0, 0.05) is 18.7 Å². The highest BCUT2D eigenvalue weighted by Gasteiger charge is 2.37. The number of amides is 3. The van der Waals surface area contributed by atoms with E-state index < -0.39 is 24.0 Å². The molecule has 2 aliphatic heterocycles. The Morgan fingerprint density at radius 2 is 2.08 bits per heavy atom. The maximum atomic E-state index is 14.1. The average Bonchev–Trinajstić information content (AvgIpc) is 2.93. The Labute approximate surface area is 143 Å². The zero-order valence-electron chi connectivity index (χ0n) is 13.4. The molecule has 2 aliphatic rings. The van der Waals surface area contributed by atoms with Crippen LogP contribution in [0, 0.1) is 5.82 Å². The number of anilines is 1. The number of nitrogens with one attached hydrogen (secondary N) is 2. The van der Waals surface area contributed by atoms with Crippen LogP contribution in [0.4, 0.5) is 14.9 Å². The quantitative estimate of drug-likeness (QED) is 0.674. The molecule has 0 aromatic heterocycles. The molecule has 3 N–H and O–H groups in total. The van der Waals surface area contributed by atoms with Gasteiger partial charge in [0.1, 0.15) is 11.9 Å². The van der Waals surface area contributed by atoms with Gasteiger partial charge in [-0.2, -0.15) is 0 Å². The number of carboxylic acid groups (broad SMARTS) is 1. The van der Waals surface area contributed by atoms with E-state index in [2.05, 4.69) is 10.6 Å². The molecule has 2 bridgehead atoms. The van der Waals surface area contributed by atoms with Gasteiger partial charge in [0.15, 0.2) is 0 Å². The Bertz CT molecular complexity index is 749. The molecule has 8 heteroatoms. The molecule has 1 fully saturated rings. The summed E-state index contributed by atoms with van der Waals surface area (Å²) in [6, 6.07) is 2.63. The standard InChI is InChI=1S/C17H18FN3O4/c18-11-7-10-8-12(9-11)21-14(4-5-15(21)22)16(23)19-6-2-1-3-13(10)20-17(24)25/h1-2,7-9,13-14,20H,3-6H2,(H,19,23)(H,24,25)/b2-1+/t13-,14+/m0/s1. The smallest absolute Gasteiger partial charge is 0.405 e. The van der Waals surface area contributed by atoms with E-state index in [9.17, 15) is 18.8 Å². The number of hydrogen-bond acceptors (Lipinski definition) is 3. The van der Waals surface area contributed by atoms with Crippen molar-refractivity contribution < 1.29 is 23.9 Å². The van der Waals surface area contributed by atoms with E-state index in [1.54, 1.807) is 18.2 Å². The van der Waals surface area contributed by atoms with Gasteiger partial charge in [-0.1, -0.05) is 12.2 Å². The lowest BCUT2D eigenvalue weighted by molar-refractivity contribution is -0.123. The highest BCUT2D eigenvalue weighted by molar-refractivity contribution is 6.03. The van der Waals surface area contributed by atoms with Crippen LogP contribution in [0.1, 0.15) is 30.9 Å². The fraction of sp³-hybridized carbons (Fsp3) is 0.353. The number of carbonyl (C=O) groups is 3. The van der Waals surface area contributed by atoms with Crippen LogP contribution in [0.25, 0.3) is 0 Å². The summed E-state index contributed by atoms with van der Waals surface area (Å²) in [6.07, 6.45) is 3.07. The zero-order valence-corrected chi connectivity index (χ0v) is 13.4. The van der Waals surface area contributed by atoms with Crippen molar-refractivity contribution in [3.8, 4) is 0 Å². The number of nitrogens with zero attached hydrogens (tertiary/aromatic N) is 1. The van der Waals surface area contributed by atoms with E-state index >= 15 is 0 Å². The number of hydrogen-bond donors (Lipinski definition) is 3. The maximum absolute atomic E-state index is 14.1. The molecule has 25 heavy (non-hydrogen) atoms. The largest absolute Gasteiger partial charge is 0.465 e. The first kappa shape index (κ1) is 16.9. The lowest BCUT2D eigenvalue weighted by atomic mass is 10.0. The molecular formula is C17H18FN3O4. The number of rotatable bonds is 1. The normalized spacial score (nSPS) is 24.6. The molecule has 0 aliphatic carbocycles. The van der Waals surface area contributed by atoms with Crippen LogP contribution in [-0.4, -0.2) is 35.6 Å². The second-order valence-corrected chi connectivity index (χ2v) is 6.02. The maximum Gasteiger partial charge on any atom is 0.405 e. The van der Waals surface area contributed by atoms with Gasteiger partial charge in [-0.15, -0.1) is 0 Å². The third-order valence-corrected chi connectivity index (χ3v) is 4.33. The van der Waals surface area contributed by atoms with E-state index in [1.165, 1.54) is 17.0 Å². The van der Waals surface area contributed by atoms with Crippen molar-refractivity contribution in [3.63, 3.8) is 0 Å². The highest BCUT2D eigenvalue weighted by Crippen LogP contribution is 2.31. The fourth-order valence-electron chi connectivity index (χ4n) is 3.21. The monoisotopic (exact) mass is 347 g/mol. The first-order valence-corrected chi connectivity index (χ1v) is 8.00.